The van der Waals surface area contributed by atoms with E-state index in [0.29, 0.717) is 24.0 Å². The number of hydrogen-bond donors (Lipinski definition) is 1. The highest BCUT2D eigenvalue weighted by Crippen LogP contribution is 2.38. The van der Waals surface area contributed by atoms with Crippen LogP contribution in [0.3, 0.4) is 0 Å². The molecule has 1 N–H and O–H groups in total. The lowest BCUT2D eigenvalue weighted by molar-refractivity contribution is 0.122. The Hall–Kier alpha value is -0.970. The van der Waals surface area contributed by atoms with Crippen LogP contribution in [-0.4, -0.2) is 33.0 Å². The lowest BCUT2D eigenvalue weighted by Gasteiger charge is -2.20. The summed E-state index contributed by atoms with van der Waals surface area (Å²) in [4.78, 5) is 0. The van der Waals surface area contributed by atoms with Crippen LogP contribution in [0.25, 0.3) is 0 Å². The lowest BCUT2D eigenvalue weighted by Crippen LogP contribution is -2.18. The van der Waals surface area contributed by atoms with Crippen LogP contribution in [0.2, 0.25) is 5.02 Å². The van der Waals surface area contributed by atoms with Gasteiger partial charge in [-0.05, 0) is 49.4 Å². The Kier molecular flexibility index (Phi) is 5.22. The van der Waals surface area contributed by atoms with Gasteiger partial charge in [-0.2, -0.15) is 0 Å². The zero-order valence-electron chi connectivity index (χ0n) is 12.2. The van der Waals surface area contributed by atoms with Crippen LogP contribution in [0.4, 0.5) is 0 Å². The first-order valence-electron chi connectivity index (χ1n) is 7.69. The van der Waals surface area contributed by atoms with E-state index in [1.54, 1.807) is 0 Å². The van der Waals surface area contributed by atoms with Gasteiger partial charge >= 0.3 is 0 Å². The molecule has 21 heavy (non-hydrogen) atoms. The van der Waals surface area contributed by atoms with Gasteiger partial charge in [-0.3, -0.25) is 0 Å². The van der Waals surface area contributed by atoms with E-state index in [9.17, 15) is 0 Å². The minimum atomic E-state index is 0.561. The van der Waals surface area contributed by atoms with Crippen molar-refractivity contribution in [1.82, 2.24) is 5.32 Å². The van der Waals surface area contributed by atoms with Crippen molar-refractivity contribution < 1.29 is 14.2 Å². The molecule has 1 aliphatic heterocycles. The van der Waals surface area contributed by atoms with E-state index >= 15 is 0 Å². The number of ether oxygens (including phenoxy) is 3. The van der Waals surface area contributed by atoms with Crippen molar-refractivity contribution in [3.8, 4) is 11.5 Å². The summed E-state index contributed by atoms with van der Waals surface area (Å²) in [6, 6.07) is 3.93. The number of nitrogens with one attached hydrogen (secondary N) is 1. The number of halogens is 1. The maximum absolute atomic E-state index is 6.21. The monoisotopic (exact) mass is 311 g/mol. The summed E-state index contributed by atoms with van der Waals surface area (Å²) in [5, 5.41) is 4.03. The van der Waals surface area contributed by atoms with Gasteiger partial charge in [0, 0.05) is 19.8 Å². The molecule has 0 amide bonds. The Bertz CT molecular complexity index is 477. The van der Waals surface area contributed by atoms with Crippen molar-refractivity contribution in [1.29, 1.82) is 0 Å². The third-order valence-corrected chi connectivity index (χ3v) is 3.96. The molecule has 1 aromatic rings. The van der Waals surface area contributed by atoms with E-state index in [-0.39, 0.29) is 0 Å². The SMILES string of the molecule is Clc1cc(CNCCCOCC2CC2)cc2c1OCCO2. The minimum Gasteiger partial charge on any atom is -0.486 e. The van der Waals surface area contributed by atoms with Crippen LogP contribution >= 0.6 is 11.6 Å². The average molecular weight is 312 g/mol. The van der Waals surface area contributed by atoms with E-state index in [2.05, 4.69) is 5.32 Å². The summed E-state index contributed by atoms with van der Waals surface area (Å²) in [6.45, 7) is 4.64. The molecule has 0 unspecified atom stereocenters. The van der Waals surface area contributed by atoms with E-state index in [0.717, 1.165) is 50.0 Å². The second kappa shape index (κ2) is 7.34. The van der Waals surface area contributed by atoms with Gasteiger partial charge in [-0.15, -0.1) is 0 Å². The summed E-state index contributed by atoms with van der Waals surface area (Å²) in [5.41, 5.74) is 1.11. The van der Waals surface area contributed by atoms with Gasteiger partial charge in [0.1, 0.15) is 13.2 Å². The molecular formula is C16H22ClNO3. The Morgan fingerprint density at radius 3 is 2.95 bits per heavy atom. The van der Waals surface area contributed by atoms with Crippen molar-refractivity contribution in [2.45, 2.75) is 25.8 Å². The normalized spacial score (nSPS) is 17.0. The zero-order chi connectivity index (χ0) is 14.5. The van der Waals surface area contributed by atoms with Crippen molar-refractivity contribution in [2.24, 2.45) is 5.92 Å². The highest BCUT2D eigenvalue weighted by Gasteiger charge is 2.20. The first-order valence-corrected chi connectivity index (χ1v) is 8.07. The summed E-state index contributed by atoms with van der Waals surface area (Å²) in [5.74, 6) is 2.26. The van der Waals surface area contributed by atoms with Crippen LogP contribution in [0.15, 0.2) is 12.1 Å². The molecule has 1 saturated carbocycles. The first kappa shape index (κ1) is 14.9. The predicted octanol–water partition coefficient (Wildman–Crippen LogP) is 3.02. The fraction of sp³-hybridized carbons (Fsp3) is 0.625. The first-order chi connectivity index (χ1) is 10.3. The molecule has 116 valence electrons. The molecule has 3 rings (SSSR count). The van der Waals surface area contributed by atoms with Gasteiger partial charge in [0.05, 0.1) is 5.02 Å². The second-order valence-corrected chi connectivity index (χ2v) is 6.06. The molecule has 1 aromatic carbocycles. The molecule has 1 aliphatic carbocycles. The Morgan fingerprint density at radius 2 is 2.10 bits per heavy atom. The molecule has 0 atom stereocenters. The van der Waals surface area contributed by atoms with Gasteiger partial charge in [-0.25, -0.2) is 0 Å². The quantitative estimate of drug-likeness (QED) is 0.749. The molecule has 0 aromatic heterocycles. The van der Waals surface area contributed by atoms with Gasteiger partial charge in [0.25, 0.3) is 0 Å². The van der Waals surface area contributed by atoms with Crippen LogP contribution < -0.4 is 14.8 Å². The number of hydrogen-bond acceptors (Lipinski definition) is 4. The van der Waals surface area contributed by atoms with E-state index in [4.69, 9.17) is 25.8 Å². The molecule has 1 fully saturated rings. The van der Waals surface area contributed by atoms with E-state index in [1.807, 2.05) is 12.1 Å². The topological polar surface area (TPSA) is 39.7 Å². The number of benzene rings is 1. The maximum Gasteiger partial charge on any atom is 0.179 e. The molecule has 0 bridgehead atoms. The van der Waals surface area contributed by atoms with Crippen molar-refractivity contribution in [3.63, 3.8) is 0 Å². The fourth-order valence-electron chi connectivity index (χ4n) is 2.33. The Labute approximate surface area is 130 Å². The van der Waals surface area contributed by atoms with Crippen LogP contribution in [-0.2, 0) is 11.3 Å². The molecule has 0 radical (unpaired) electrons. The number of fused-ring (bicyclic) bond motifs is 1. The third-order valence-electron chi connectivity index (χ3n) is 3.68. The Morgan fingerprint density at radius 1 is 1.24 bits per heavy atom. The molecule has 0 saturated heterocycles. The Balaban J connectivity index is 1.37. The van der Waals surface area contributed by atoms with Crippen LogP contribution in [0, 0.1) is 5.92 Å². The minimum absolute atomic E-state index is 0.561. The highest BCUT2D eigenvalue weighted by atomic mass is 35.5. The molecule has 4 nitrogen and oxygen atoms in total. The van der Waals surface area contributed by atoms with Crippen molar-refractivity contribution in [3.05, 3.63) is 22.7 Å². The van der Waals surface area contributed by atoms with E-state index < -0.39 is 0 Å². The highest BCUT2D eigenvalue weighted by molar-refractivity contribution is 6.32. The smallest absolute Gasteiger partial charge is 0.179 e. The second-order valence-electron chi connectivity index (χ2n) is 5.65. The van der Waals surface area contributed by atoms with Crippen LogP contribution in [0.5, 0.6) is 11.5 Å². The van der Waals surface area contributed by atoms with E-state index in [1.165, 1.54) is 12.8 Å². The summed E-state index contributed by atoms with van der Waals surface area (Å²) >= 11 is 6.21. The molecule has 1 heterocycles. The standard InChI is InChI=1S/C16H22ClNO3/c17-14-8-13(9-15-16(14)21-7-6-20-15)10-18-4-1-5-19-11-12-2-3-12/h8-9,12,18H,1-7,10-11H2. The van der Waals surface area contributed by atoms with Crippen LogP contribution in [0.1, 0.15) is 24.8 Å². The third kappa shape index (κ3) is 4.50. The average Bonchev–Trinajstić information content (AvgIpc) is 3.30. The molecule has 0 spiro atoms. The largest absolute Gasteiger partial charge is 0.486 e. The summed E-state index contributed by atoms with van der Waals surface area (Å²) < 4.78 is 16.7. The molecule has 2 aliphatic rings. The van der Waals surface area contributed by atoms with Gasteiger partial charge in [-0.1, -0.05) is 11.6 Å². The molecular weight excluding hydrogens is 290 g/mol. The predicted molar refractivity (Wildman–Crippen MR) is 82.3 cm³/mol. The van der Waals surface area contributed by atoms with Gasteiger partial charge < -0.3 is 19.5 Å². The fourth-order valence-corrected chi connectivity index (χ4v) is 2.62. The van der Waals surface area contributed by atoms with Gasteiger partial charge in [0.2, 0.25) is 0 Å². The summed E-state index contributed by atoms with van der Waals surface area (Å²) in [7, 11) is 0. The van der Waals surface area contributed by atoms with Gasteiger partial charge in [0.15, 0.2) is 11.5 Å². The maximum atomic E-state index is 6.21. The zero-order valence-corrected chi connectivity index (χ0v) is 13.0. The van der Waals surface area contributed by atoms with Crippen molar-refractivity contribution in [2.75, 3.05) is 33.0 Å². The summed E-state index contributed by atoms with van der Waals surface area (Å²) in [6.07, 6.45) is 3.73. The lowest BCUT2D eigenvalue weighted by atomic mass is 10.2. The van der Waals surface area contributed by atoms with Crippen molar-refractivity contribution >= 4 is 11.6 Å². The molecule has 5 heteroatoms. The number of rotatable bonds is 8.